The first kappa shape index (κ1) is 15.1. The van der Waals surface area contributed by atoms with Crippen LogP contribution >= 0.6 is 7.82 Å². The third-order valence-corrected chi connectivity index (χ3v) is 2.54. The number of rotatable bonds is 7. The molecule has 1 atom stereocenters. The highest BCUT2D eigenvalue weighted by atomic mass is 31.2. The van der Waals surface area contributed by atoms with Gasteiger partial charge in [0.15, 0.2) is 0 Å². The van der Waals surface area contributed by atoms with E-state index < -0.39 is 7.82 Å². The Morgan fingerprint density at radius 3 is 2.20 bits per heavy atom. The number of hydrogen-bond donors (Lipinski definition) is 0. The lowest BCUT2D eigenvalue weighted by atomic mass is 10.2. The highest BCUT2D eigenvalue weighted by molar-refractivity contribution is 7.45. The molecule has 0 bridgehead atoms. The molecule has 0 heterocycles. The summed E-state index contributed by atoms with van der Waals surface area (Å²) in [5.74, 6) is 0.175. The molecule has 0 radical (unpaired) electrons. The summed E-state index contributed by atoms with van der Waals surface area (Å²) in [6.45, 7) is 4.71. The molecular formula is C9H22NO4P. The lowest BCUT2D eigenvalue weighted by Crippen LogP contribution is -2.37. The summed E-state index contributed by atoms with van der Waals surface area (Å²) < 4.78 is 21.2. The Kier molecular flexibility index (Phi) is 5.99. The summed E-state index contributed by atoms with van der Waals surface area (Å²) in [7, 11) is 1.81. The van der Waals surface area contributed by atoms with E-state index in [0.29, 0.717) is 11.0 Å². The first-order valence-corrected chi connectivity index (χ1v) is 6.49. The summed E-state index contributed by atoms with van der Waals surface area (Å²) in [6, 6.07) is 0. The van der Waals surface area contributed by atoms with Crippen LogP contribution in [0.4, 0.5) is 0 Å². The van der Waals surface area contributed by atoms with Gasteiger partial charge in [-0.15, -0.1) is 0 Å². The zero-order chi connectivity index (χ0) is 12.1. The summed E-state index contributed by atoms with van der Waals surface area (Å²) in [5.41, 5.74) is 0. The molecule has 0 aromatic heterocycles. The number of quaternary nitrogens is 1. The van der Waals surface area contributed by atoms with Crippen LogP contribution in [0, 0.1) is 5.92 Å². The average Bonchev–Trinajstić information content (AvgIpc) is 1.98. The highest BCUT2D eigenvalue weighted by Gasteiger charge is 2.13. The molecule has 1 unspecified atom stereocenters. The van der Waals surface area contributed by atoms with Gasteiger partial charge in [0.2, 0.25) is 0 Å². The monoisotopic (exact) mass is 239 g/mol. The second-order valence-electron chi connectivity index (χ2n) is 4.98. The predicted molar refractivity (Wildman–Crippen MR) is 57.2 cm³/mol. The Morgan fingerprint density at radius 1 is 1.27 bits per heavy atom. The van der Waals surface area contributed by atoms with Crippen molar-refractivity contribution in [2.45, 2.75) is 13.8 Å². The third-order valence-electron chi connectivity index (χ3n) is 1.58. The van der Waals surface area contributed by atoms with Crippen molar-refractivity contribution in [3.63, 3.8) is 0 Å². The van der Waals surface area contributed by atoms with E-state index in [0.717, 1.165) is 0 Å². The maximum absolute atomic E-state index is 11.2. The van der Waals surface area contributed by atoms with Gasteiger partial charge < -0.3 is 18.4 Å². The van der Waals surface area contributed by atoms with E-state index in [2.05, 4.69) is 4.52 Å². The van der Waals surface area contributed by atoms with Crippen LogP contribution in [0.25, 0.3) is 0 Å². The Bertz CT molecular complexity index is 225. The van der Waals surface area contributed by atoms with E-state index in [1.54, 1.807) is 0 Å². The minimum atomic E-state index is -4.09. The third kappa shape index (κ3) is 10.4. The fraction of sp³-hybridized carbons (Fsp3) is 1.00. The van der Waals surface area contributed by atoms with Gasteiger partial charge in [-0.2, -0.15) is 0 Å². The lowest BCUT2D eigenvalue weighted by molar-refractivity contribution is -0.870. The first-order valence-electron chi connectivity index (χ1n) is 5.03. The predicted octanol–water partition coefficient (Wildman–Crippen LogP) is 0.850. The summed E-state index contributed by atoms with van der Waals surface area (Å²) >= 11 is 0. The molecule has 0 saturated carbocycles. The van der Waals surface area contributed by atoms with Crippen LogP contribution in [0.15, 0.2) is 0 Å². The number of phosphoric acid groups is 1. The van der Waals surface area contributed by atoms with Gasteiger partial charge in [-0.05, 0) is 5.92 Å². The van der Waals surface area contributed by atoms with E-state index in [1.165, 1.54) is 0 Å². The molecule has 0 amide bonds. The number of hydrogen-bond acceptors (Lipinski definition) is 4. The minimum absolute atomic E-state index is 0.155. The highest BCUT2D eigenvalue weighted by Crippen LogP contribution is 2.38. The van der Waals surface area contributed by atoms with Gasteiger partial charge >= 0.3 is 0 Å². The van der Waals surface area contributed by atoms with Crippen molar-refractivity contribution < 1.29 is 23.0 Å². The van der Waals surface area contributed by atoms with Crippen molar-refractivity contribution in [1.29, 1.82) is 0 Å². The summed E-state index contributed by atoms with van der Waals surface area (Å²) in [5, 5.41) is 0. The number of phosphoric ester groups is 1. The SMILES string of the molecule is CC(C)COP(=O)([O-])OCC[N+](C)(C)C. The van der Waals surface area contributed by atoms with Gasteiger partial charge in [-0.25, -0.2) is 0 Å². The first-order chi connectivity index (χ1) is 6.62. The molecule has 0 rings (SSSR count). The van der Waals surface area contributed by atoms with Gasteiger partial charge in [0, 0.05) is 0 Å². The zero-order valence-corrected chi connectivity index (χ0v) is 11.1. The van der Waals surface area contributed by atoms with Crippen molar-refractivity contribution in [3.05, 3.63) is 0 Å². The zero-order valence-electron chi connectivity index (χ0n) is 10.2. The van der Waals surface area contributed by atoms with Gasteiger partial charge in [0.05, 0.1) is 27.7 Å². The maximum Gasteiger partial charge on any atom is 0.268 e. The van der Waals surface area contributed by atoms with Crippen LogP contribution in [0.3, 0.4) is 0 Å². The van der Waals surface area contributed by atoms with E-state index in [9.17, 15) is 9.46 Å². The van der Waals surface area contributed by atoms with Crippen LogP contribution in [0.5, 0.6) is 0 Å². The van der Waals surface area contributed by atoms with E-state index in [1.807, 2.05) is 35.0 Å². The molecule has 0 fully saturated rings. The minimum Gasteiger partial charge on any atom is -0.756 e. The van der Waals surface area contributed by atoms with Crippen LogP contribution in [0.1, 0.15) is 13.8 Å². The molecule has 0 aliphatic carbocycles. The van der Waals surface area contributed by atoms with Crippen LogP contribution in [-0.4, -0.2) is 45.4 Å². The average molecular weight is 239 g/mol. The standard InChI is InChI=1S/C9H22NO4P/c1-9(2)8-14-15(11,12)13-7-6-10(3,4)5/h9H,6-8H2,1-5H3. The molecule has 0 aromatic rings. The lowest BCUT2D eigenvalue weighted by Gasteiger charge is -2.27. The van der Waals surface area contributed by atoms with Crippen molar-refractivity contribution in [3.8, 4) is 0 Å². The van der Waals surface area contributed by atoms with Gasteiger partial charge in [-0.1, -0.05) is 13.8 Å². The number of likely N-dealkylation sites (N-methyl/N-ethyl adjacent to an activating group) is 1. The Labute approximate surface area is 92.2 Å². The largest absolute Gasteiger partial charge is 0.756 e. The van der Waals surface area contributed by atoms with Crippen molar-refractivity contribution in [2.24, 2.45) is 5.92 Å². The maximum atomic E-state index is 11.2. The van der Waals surface area contributed by atoms with Gasteiger partial charge in [-0.3, -0.25) is 4.57 Å². The Hall–Kier alpha value is 0.0700. The van der Waals surface area contributed by atoms with Crippen LogP contribution < -0.4 is 4.89 Å². The Morgan fingerprint density at radius 2 is 1.80 bits per heavy atom. The molecule has 5 nitrogen and oxygen atoms in total. The normalized spacial score (nSPS) is 16.7. The molecule has 0 saturated heterocycles. The summed E-state index contributed by atoms with van der Waals surface area (Å²) in [6.07, 6.45) is 0. The number of nitrogens with zero attached hydrogens (tertiary/aromatic N) is 1. The van der Waals surface area contributed by atoms with Crippen molar-refractivity contribution in [1.82, 2.24) is 0 Å². The van der Waals surface area contributed by atoms with Crippen LogP contribution in [0.2, 0.25) is 0 Å². The molecule has 6 heteroatoms. The van der Waals surface area contributed by atoms with E-state index in [4.69, 9.17) is 4.52 Å². The molecule has 15 heavy (non-hydrogen) atoms. The molecule has 92 valence electrons. The Balaban J connectivity index is 3.79. The molecule has 0 spiro atoms. The molecule has 0 aliphatic heterocycles. The topological polar surface area (TPSA) is 58.6 Å². The van der Waals surface area contributed by atoms with Crippen LogP contribution in [-0.2, 0) is 13.6 Å². The molecular weight excluding hydrogens is 217 g/mol. The van der Waals surface area contributed by atoms with Crippen molar-refractivity contribution >= 4 is 7.82 Å². The smallest absolute Gasteiger partial charge is 0.268 e. The van der Waals surface area contributed by atoms with Gasteiger partial charge in [0.25, 0.3) is 7.82 Å². The molecule has 0 aliphatic rings. The fourth-order valence-electron chi connectivity index (χ4n) is 0.704. The quantitative estimate of drug-likeness (QED) is 0.488. The van der Waals surface area contributed by atoms with E-state index in [-0.39, 0.29) is 19.1 Å². The van der Waals surface area contributed by atoms with E-state index >= 15 is 0 Å². The fourth-order valence-corrected chi connectivity index (χ4v) is 1.56. The summed E-state index contributed by atoms with van der Waals surface area (Å²) in [4.78, 5) is 11.2. The molecule has 0 aromatic carbocycles. The second kappa shape index (κ2) is 5.97. The van der Waals surface area contributed by atoms with Crippen molar-refractivity contribution in [2.75, 3.05) is 40.9 Å². The van der Waals surface area contributed by atoms with Gasteiger partial charge in [0.1, 0.15) is 13.2 Å². The second-order valence-corrected chi connectivity index (χ2v) is 6.39. The molecule has 0 N–H and O–H groups in total.